The van der Waals surface area contributed by atoms with Gasteiger partial charge in [-0.1, -0.05) is 57.2 Å². The predicted octanol–water partition coefficient (Wildman–Crippen LogP) is 0.869. The molecule has 3 nitrogen and oxygen atoms in total. The average Bonchev–Trinajstić information content (AvgIpc) is 2.39. The molecule has 0 heterocycles. The molecule has 19 heavy (non-hydrogen) atoms. The number of rotatable bonds is 9. The fourth-order valence-corrected chi connectivity index (χ4v) is 2.67. The second kappa shape index (κ2) is 11.4. The predicted molar refractivity (Wildman–Crippen MR) is 74.1 cm³/mol. The van der Waals surface area contributed by atoms with Crippen molar-refractivity contribution in [1.82, 2.24) is 0 Å². The van der Waals surface area contributed by atoms with E-state index in [4.69, 9.17) is 4.18 Å². The summed E-state index contributed by atoms with van der Waals surface area (Å²) in [7, 11) is -3.56. The maximum absolute atomic E-state index is 11.7. The van der Waals surface area contributed by atoms with E-state index in [1.54, 1.807) is 30.3 Å². The fraction of sp³-hybridized carbons (Fsp3) is 0.571. The minimum Gasteiger partial charge on any atom is -1.00 e. The molecule has 0 radical (unpaired) electrons. The summed E-state index contributed by atoms with van der Waals surface area (Å²) in [5.41, 5.74) is 0. The molecule has 0 saturated heterocycles. The SMILES string of the molecule is CCCCCCCCOS(=O)(=O)c1ccccc1.[H-].[K+]. The van der Waals surface area contributed by atoms with Gasteiger partial charge in [0, 0.05) is 0 Å². The van der Waals surface area contributed by atoms with Gasteiger partial charge in [-0.05, 0) is 18.6 Å². The van der Waals surface area contributed by atoms with Crippen LogP contribution in [-0.2, 0) is 14.3 Å². The molecule has 0 atom stereocenters. The van der Waals surface area contributed by atoms with Gasteiger partial charge in [0.2, 0.25) is 0 Å². The van der Waals surface area contributed by atoms with Gasteiger partial charge in [-0.25, -0.2) is 0 Å². The Labute approximate surface area is 161 Å². The molecule has 0 aliphatic heterocycles. The molecule has 5 heteroatoms. The van der Waals surface area contributed by atoms with Crippen LogP contribution in [0.3, 0.4) is 0 Å². The van der Waals surface area contributed by atoms with Gasteiger partial charge in [0.25, 0.3) is 10.1 Å². The van der Waals surface area contributed by atoms with Crippen LogP contribution in [0.1, 0.15) is 46.9 Å². The maximum atomic E-state index is 11.7. The Morgan fingerprint density at radius 2 is 1.58 bits per heavy atom. The van der Waals surface area contributed by atoms with Gasteiger partial charge in [0.1, 0.15) is 0 Å². The minimum atomic E-state index is -3.56. The first kappa shape index (κ1) is 19.8. The molecule has 1 rings (SSSR count). The van der Waals surface area contributed by atoms with Crippen molar-refractivity contribution in [2.75, 3.05) is 6.61 Å². The minimum absolute atomic E-state index is 0. The van der Waals surface area contributed by atoms with Crippen molar-refractivity contribution in [2.45, 2.75) is 50.3 Å². The van der Waals surface area contributed by atoms with Crippen molar-refractivity contribution in [3.8, 4) is 0 Å². The zero-order valence-corrected chi connectivity index (χ0v) is 15.9. The Bertz CT molecular complexity index is 423. The largest absolute Gasteiger partial charge is 1.00 e. The molecule has 0 N–H and O–H groups in total. The van der Waals surface area contributed by atoms with E-state index in [0.717, 1.165) is 19.3 Å². The van der Waals surface area contributed by atoms with Gasteiger partial charge in [0.15, 0.2) is 0 Å². The second-order valence-electron chi connectivity index (χ2n) is 4.36. The second-order valence-corrected chi connectivity index (χ2v) is 5.97. The third kappa shape index (κ3) is 8.60. The van der Waals surface area contributed by atoms with Crippen molar-refractivity contribution in [2.24, 2.45) is 0 Å². The molecule has 0 aromatic heterocycles. The van der Waals surface area contributed by atoms with Crippen LogP contribution in [0.25, 0.3) is 0 Å². The quantitative estimate of drug-likeness (QED) is 0.386. The van der Waals surface area contributed by atoms with E-state index in [1.807, 2.05) is 0 Å². The first-order valence-electron chi connectivity index (χ1n) is 6.61. The maximum Gasteiger partial charge on any atom is 1.00 e. The zero-order valence-electron chi connectivity index (χ0n) is 13.0. The van der Waals surface area contributed by atoms with E-state index in [1.165, 1.54) is 19.3 Å². The number of benzene rings is 1. The van der Waals surface area contributed by atoms with Gasteiger partial charge >= 0.3 is 51.4 Å². The Hall–Kier alpha value is 0.766. The first-order valence-corrected chi connectivity index (χ1v) is 8.02. The summed E-state index contributed by atoms with van der Waals surface area (Å²) < 4.78 is 28.5. The average molecular weight is 310 g/mol. The molecule has 0 aliphatic rings. The van der Waals surface area contributed by atoms with Crippen LogP contribution in [0.5, 0.6) is 0 Å². The Kier molecular flexibility index (Phi) is 11.9. The van der Waals surface area contributed by atoms with Crippen LogP contribution in [0, 0.1) is 0 Å². The summed E-state index contributed by atoms with van der Waals surface area (Å²) in [6.45, 7) is 2.46. The van der Waals surface area contributed by atoms with Crippen molar-refractivity contribution in [1.29, 1.82) is 0 Å². The van der Waals surface area contributed by atoms with Crippen LogP contribution in [0.4, 0.5) is 0 Å². The monoisotopic (exact) mass is 310 g/mol. The van der Waals surface area contributed by atoms with Crippen LogP contribution in [0.15, 0.2) is 35.2 Å². The Balaban J connectivity index is 0. The molecular formula is C14H23KO3S. The van der Waals surface area contributed by atoms with Crippen molar-refractivity contribution >= 4 is 10.1 Å². The fourth-order valence-electron chi connectivity index (χ4n) is 1.71. The molecule has 0 bridgehead atoms. The smallest absolute Gasteiger partial charge is 1.00 e. The van der Waals surface area contributed by atoms with Gasteiger partial charge < -0.3 is 1.43 Å². The Morgan fingerprint density at radius 3 is 2.21 bits per heavy atom. The van der Waals surface area contributed by atoms with E-state index in [9.17, 15) is 8.42 Å². The van der Waals surface area contributed by atoms with E-state index < -0.39 is 10.1 Å². The molecule has 1 aromatic carbocycles. The normalized spacial score (nSPS) is 11.0. The van der Waals surface area contributed by atoms with Crippen molar-refractivity contribution in [3.63, 3.8) is 0 Å². The van der Waals surface area contributed by atoms with Gasteiger partial charge in [-0.3, -0.25) is 4.18 Å². The standard InChI is InChI=1S/C14H22O3S.K.H/c1-2-3-4-5-6-10-13-17-18(15,16)14-11-8-7-9-12-14;;/h7-9,11-12H,2-6,10,13H2,1H3;;/q;+1;-1. The molecule has 0 fully saturated rings. The summed E-state index contributed by atoms with van der Waals surface area (Å²) in [4.78, 5) is 0.232. The van der Waals surface area contributed by atoms with E-state index in [2.05, 4.69) is 6.92 Å². The summed E-state index contributed by atoms with van der Waals surface area (Å²) >= 11 is 0. The van der Waals surface area contributed by atoms with Crippen molar-refractivity contribution < 1.29 is 65.4 Å². The van der Waals surface area contributed by atoms with Crippen LogP contribution >= 0.6 is 0 Å². The third-order valence-corrected chi connectivity index (χ3v) is 4.09. The van der Waals surface area contributed by atoms with Crippen LogP contribution in [0.2, 0.25) is 0 Å². The molecule has 1 aromatic rings. The van der Waals surface area contributed by atoms with Crippen LogP contribution < -0.4 is 51.4 Å². The topological polar surface area (TPSA) is 43.4 Å². The van der Waals surface area contributed by atoms with E-state index in [-0.39, 0.29) is 64.3 Å². The summed E-state index contributed by atoms with van der Waals surface area (Å²) in [5, 5.41) is 0. The van der Waals surface area contributed by atoms with Gasteiger partial charge in [-0.15, -0.1) is 0 Å². The van der Waals surface area contributed by atoms with E-state index >= 15 is 0 Å². The summed E-state index contributed by atoms with van der Waals surface area (Å²) in [6.07, 6.45) is 6.69. The Morgan fingerprint density at radius 1 is 1.00 bits per heavy atom. The summed E-state index contributed by atoms with van der Waals surface area (Å²) in [6, 6.07) is 8.28. The molecule has 0 unspecified atom stereocenters. The molecule has 0 spiro atoms. The number of hydrogen-bond donors (Lipinski definition) is 0. The molecular weight excluding hydrogens is 287 g/mol. The van der Waals surface area contributed by atoms with Gasteiger partial charge in [0.05, 0.1) is 11.5 Å². The van der Waals surface area contributed by atoms with E-state index in [0.29, 0.717) is 0 Å². The van der Waals surface area contributed by atoms with Crippen LogP contribution in [-0.4, -0.2) is 15.0 Å². The molecule has 0 saturated carbocycles. The van der Waals surface area contributed by atoms with Crippen molar-refractivity contribution in [3.05, 3.63) is 30.3 Å². The zero-order chi connectivity index (χ0) is 13.3. The van der Waals surface area contributed by atoms with Gasteiger partial charge in [-0.2, -0.15) is 8.42 Å². The third-order valence-electron chi connectivity index (χ3n) is 2.77. The first-order chi connectivity index (χ1) is 8.67. The molecule has 104 valence electrons. The summed E-state index contributed by atoms with van der Waals surface area (Å²) in [5.74, 6) is 0. The molecule has 0 amide bonds. The molecule has 0 aliphatic carbocycles. The number of hydrogen-bond acceptors (Lipinski definition) is 3. The number of unbranched alkanes of at least 4 members (excludes halogenated alkanes) is 5.